The van der Waals surface area contributed by atoms with Gasteiger partial charge in [0.25, 0.3) is 5.91 Å². The zero-order valence-electron chi connectivity index (χ0n) is 11.5. The summed E-state index contributed by atoms with van der Waals surface area (Å²) in [5.74, 6) is 0.595. The molecule has 1 heterocycles. The maximum Gasteiger partial charge on any atom is 0.261 e. The fourth-order valence-electron chi connectivity index (χ4n) is 1.93. The minimum atomic E-state index is -0.465. The molecule has 1 aromatic carbocycles. The van der Waals surface area contributed by atoms with Gasteiger partial charge in [0.1, 0.15) is 5.75 Å². The molecule has 4 nitrogen and oxygen atoms in total. The number of nitrogens with one attached hydrogen (secondary N) is 1. The Morgan fingerprint density at radius 2 is 2.20 bits per heavy atom. The fraction of sp³-hybridized carbons (Fsp3) is 0.333. The summed E-state index contributed by atoms with van der Waals surface area (Å²) >= 11 is 3.40. The average molecular weight is 337 g/mol. The predicted octanol–water partition coefficient (Wildman–Crippen LogP) is 3.29. The molecule has 0 aliphatic carbocycles. The first-order chi connectivity index (χ1) is 9.63. The molecule has 0 radical (unpaired) electrons. The topological polar surface area (TPSA) is 51.2 Å². The van der Waals surface area contributed by atoms with Gasteiger partial charge in [-0.1, -0.05) is 6.92 Å². The number of rotatable bonds is 5. The van der Waals surface area contributed by atoms with E-state index >= 15 is 0 Å². The van der Waals surface area contributed by atoms with Crippen LogP contribution in [0.25, 0.3) is 10.9 Å². The van der Waals surface area contributed by atoms with Crippen LogP contribution >= 0.6 is 15.9 Å². The Bertz CT molecular complexity index is 616. The van der Waals surface area contributed by atoms with Crippen LogP contribution in [-0.2, 0) is 4.79 Å². The molecule has 0 bridgehead atoms. The van der Waals surface area contributed by atoms with Crippen LogP contribution in [0, 0.1) is 0 Å². The van der Waals surface area contributed by atoms with Gasteiger partial charge < -0.3 is 10.1 Å². The Morgan fingerprint density at radius 3 is 2.90 bits per heavy atom. The minimum absolute atomic E-state index is 0.0811. The van der Waals surface area contributed by atoms with Crippen LogP contribution in [-0.4, -0.2) is 23.5 Å². The summed E-state index contributed by atoms with van der Waals surface area (Å²) in [5, 5.41) is 3.75. The molecule has 0 aliphatic rings. The van der Waals surface area contributed by atoms with Crippen molar-refractivity contribution >= 4 is 32.7 Å². The first kappa shape index (κ1) is 14.8. The zero-order valence-corrected chi connectivity index (χ0v) is 13.1. The molecule has 1 amide bonds. The number of pyridine rings is 1. The van der Waals surface area contributed by atoms with E-state index < -0.39 is 6.10 Å². The molecule has 0 aliphatic heterocycles. The first-order valence-electron chi connectivity index (χ1n) is 6.63. The van der Waals surface area contributed by atoms with Crippen molar-refractivity contribution in [1.29, 1.82) is 0 Å². The lowest BCUT2D eigenvalue weighted by Crippen LogP contribution is -2.37. The molecule has 106 valence electrons. The lowest BCUT2D eigenvalue weighted by atomic mass is 10.2. The van der Waals surface area contributed by atoms with E-state index in [4.69, 9.17) is 4.74 Å². The van der Waals surface area contributed by atoms with Gasteiger partial charge in [0.05, 0.1) is 5.52 Å². The second-order valence-electron chi connectivity index (χ2n) is 4.42. The number of halogens is 1. The highest BCUT2D eigenvalue weighted by Crippen LogP contribution is 2.23. The minimum Gasteiger partial charge on any atom is -0.481 e. The molecule has 1 unspecified atom stereocenters. The molecule has 0 spiro atoms. The van der Waals surface area contributed by atoms with Crippen LogP contribution in [0.5, 0.6) is 5.75 Å². The van der Waals surface area contributed by atoms with E-state index in [1.807, 2.05) is 38.1 Å². The van der Waals surface area contributed by atoms with Crippen molar-refractivity contribution in [3.63, 3.8) is 0 Å². The van der Waals surface area contributed by atoms with Crippen LogP contribution in [0.15, 0.2) is 34.9 Å². The molecule has 1 aromatic heterocycles. The van der Waals surface area contributed by atoms with Gasteiger partial charge in [-0.3, -0.25) is 9.78 Å². The second-order valence-corrected chi connectivity index (χ2v) is 5.33. The van der Waals surface area contributed by atoms with Crippen LogP contribution in [0.3, 0.4) is 0 Å². The summed E-state index contributed by atoms with van der Waals surface area (Å²) in [6.07, 6.45) is 1.92. The van der Waals surface area contributed by atoms with Gasteiger partial charge in [-0.2, -0.15) is 0 Å². The molecule has 20 heavy (non-hydrogen) atoms. The van der Waals surface area contributed by atoms with Crippen LogP contribution in [0.1, 0.15) is 20.3 Å². The molecule has 0 saturated carbocycles. The number of nitrogens with zero attached hydrogens (tertiary/aromatic N) is 1. The third-order valence-electron chi connectivity index (χ3n) is 2.91. The number of hydrogen-bond acceptors (Lipinski definition) is 3. The number of carbonyl (C=O) groups is 1. The Kier molecular flexibility index (Phi) is 4.95. The predicted molar refractivity (Wildman–Crippen MR) is 82.8 cm³/mol. The van der Waals surface area contributed by atoms with Crippen molar-refractivity contribution in [3.05, 3.63) is 34.9 Å². The Hall–Kier alpha value is -1.62. The Balaban J connectivity index is 2.22. The van der Waals surface area contributed by atoms with Gasteiger partial charge in [0, 0.05) is 22.6 Å². The van der Waals surface area contributed by atoms with Crippen molar-refractivity contribution in [2.24, 2.45) is 0 Å². The number of ether oxygens (including phenoxy) is 1. The number of likely N-dealkylation sites (N-methyl/N-ethyl adjacent to an activating group) is 1. The van der Waals surface area contributed by atoms with Gasteiger partial charge in [-0.25, -0.2) is 0 Å². The lowest BCUT2D eigenvalue weighted by molar-refractivity contribution is -0.128. The number of carbonyl (C=O) groups excluding carboxylic acids is 1. The molecule has 1 N–H and O–H groups in total. The van der Waals surface area contributed by atoms with Crippen molar-refractivity contribution in [3.8, 4) is 5.75 Å². The molecule has 0 fully saturated rings. The van der Waals surface area contributed by atoms with Gasteiger partial charge >= 0.3 is 0 Å². The van der Waals surface area contributed by atoms with E-state index in [-0.39, 0.29) is 5.91 Å². The summed E-state index contributed by atoms with van der Waals surface area (Å²) in [6.45, 7) is 4.43. The van der Waals surface area contributed by atoms with E-state index in [9.17, 15) is 4.79 Å². The summed E-state index contributed by atoms with van der Waals surface area (Å²) in [4.78, 5) is 16.1. The monoisotopic (exact) mass is 336 g/mol. The summed E-state index contributed by atoms with van der Waals surface area (Å²) < 4.78 is 6.69. The molecular formula is C15H17BrN2O2. The van der Waals surface area contributed by atoms with Gasteiger partial charge in [-0.05, 0) is 53.5 Å². The third kappa shape index (κ3) is 3.48. The van der Waals surface area contributed by atoms with Crippen molar-refractivity contribution in [2.45, 2.75) is 26.4 Å². The average Bonchev–Trinajstić information content (AvgIpc) is 2.44. The molecular weight excluding hydrogens is 320 g/mol. The maximum absolute atomic E-state index is 11.8. The van der Waals surface area contributed by atoms with Crippen LogP contribution in [0.4, 0.5) is 0 Å². The standard InChI is InChI=1S/C15H17BrN2O2/c1-3-14(15(19)17-4-2)20-12-5-6-13-10(8-12)7-11(16)9-18-13/h5-9,14H,3-4H2,1-2H3,(H,17,19). The zero-order chi connectivity index (χ0) is 14.5. The Labute approximate surface area is 126 Å². The lowest BCUT2D eigenvalue weighted by Gasteiger charge is -2.17. The summed E-state index contributed by atoms with van der Waals surface area (Å²) in [5.41, 5.74) is 0.895. The van der Waals surface area contributed by atoms with Crippen molar-refractivity contribution < 1.29 is 9.53 Å². The van der Waals surface area contributed by atoms with Crippen LogP contribution < -0.4 is 10.1 Å². The molecule has 2 aromatic rings. The number of fused-ring (bicyclic) bond motifs is 1. The summed E-state index contributed by atoms with van der Waals surface area (Å²) in [6, 6.07) is 7.60. The first-order valence-corrected chi connectivity index (χ1v) is 7.43. The van der Waals surface area contributed by atoms with E-state index in [2.05, 4.69) is 26.2 Å². The number of aromatic nitrogens is 1. The van der Waals surface area contributed by atoms with Gasteiger partial charge in [0.15, 0.2) is 6.10 Å². The normalized spacial score (nSPS) is 12.2. The largest absolute Gasteiger partial charge is 0.481 e. The van der Waals surface area contributed by atoms with E-state index in [1.165, 1.54) is 0 Å². The number of benzene rings is 1. The summed E-state index contributed by atoms with van der Waals surface area (Å²) in [7, 11) is 0. The molecule has 0 saturated heterocycles. The quantitative estimate of drug-likeness (QED) is 0.911. The van der Waals surface area contributed by atoms with Gasteiger partial charge in [0.2, 0.25) is 0 Å². The van der Waals surface area contributed by atoms with Crippen molar-refractivity contribution in [1.82, 2.24) is 10.3 Å². The number of hydrogen-bond donors (Lipinski definition) is 1. The highest BCUT2D eigenvalue weighted by Gasteiger charge is 2.17. The Morgan fingerprint density at radius 1 is 1.40 bits per heavy atom. The molecule has 5 heteroatoms. The smallest absolute Gasteiger partial charge is 0.261 e. The van der Waals surface area contributed by atoms with Crippen LogP contribution in [0.2, 0.25) is 0 Å². The molecule has 2 rings (SSSR count). The van der Waals surface area contributed by atoms with E-state index in [0.29, 0.717) is 18.7 Å². The second kappa shape index (κ2) is 6.70. The molecule has 1 atom stereocenters. The van der Waals surface area contributed by atoms with E-state index in [1.54, 1.807) is 6.20 Å². The maximum atomic E-state index is 11.8. The highest BCUT2D eigenvalue weighted by molar-refractivity contribution is 9.10. The fourth-order valence-corrected chi connectivity index (χ4v) is 2.28. The van der Waals surface area contributed by atoms with E-state index in [0.717, 1.165) is 15.4 Å². The highest BCUT2D eigenvalue weighted by atomic mass is 79.9. The van der Waals surface area contributed by atoms with Crippen molar-refractivity contribution in [2.75, 3.05) is 6.54 Å². The SMILES string of the molecule is CCNC(=O)C(CC)Oc1ccc2ncc(Br)cc2c1. The number of amides is 1. The third-order valence-corrected chi connectivity index (χ3v) is 3.35. The van der Waals surface area contributed by atoms with Gasteiger partial charge in [-0.15, -0.1) is 0 Å².